The van der Waals surface area contributed by atoms with Crippen LogP contribution in [0.5, 0.6) is 0 Å². The van der Waals surface area contributed by atoms with Gasteiger partial charge in [0, 0.05) is 20.1 Å². The van der Waals surface area contributed by atoms with E-state index in [1.807, 2.05) is 19.0 Å². The van der Waals surface area contributed by atoms with E-state index in [0.717, 1.165) is 19.5 Å². The van der Waals surface area contributed by atoms with Gasteiger partial charge in [0.15, 0.2) is 0 Å². The second-order valence-electron chi connectivity index (χ2n) is 5.42. The molecule has 0 aromatic rings. The van der Waals surface area contributed by atoms with Crippen molar-refractivity contribution in [3.63, 3.8) is 0 Å². The van der Waals surface area contributed by atoms with Crippen molar-refractivity contribution in [3.05, 3.63) is 0 Å². The predicted molar refractivity (Wildman–Crippen MR) is 64.8 cm³/mol. The summed E-state index contributed by atoms with van der Waals surface area (Å²) in [6.07, 6.45) is 0.897. The Morgan fingerprint density at radius 3 is 2.27 bits per heavy atom. The van der Waals surface area contributed by atoms with Gasteiger partial charge in [-0.05, 0) is 18.9 Å². The van der Waals surface area contributed by atoms with Crippen LogP contribution in [0.25, 0.3) is 0 Å². The average molecular weight is 214 g/mol. The third-order valence-corrected chi connectivity index (χ3v) is 2.38. The first kappa shape index (κ1) is 14.4. The zero-order valence-corrected chi connectivity index (χ0v) is 11.1. The van der Waals surface area contributed by atoms with Gasteiger partial charge in [-0.3, -0.25) is 4.79 Å². The lowest BCUT2D eigenvalue weighted by atomic mass is 9.95. The zero-order valence-electron chi connectivity index (χ0n) is 11.1. The molecule has 0 aliphatic rings. The van der Waals surface area contributed by atoms with Crippen molar-refractivity contribution in [2.75, 3.05) is 27.2 Å². The maximum atomic E-state index is 12.0. The first-order valence-electron chi connectivity index (χ1n) is 5.71. The van der Waals surface area contributed by atoms with Crippen LogP contribution >= 0.6 is 0 Å². The maximum Gasteiger partial charge on any atom is 0.226 e. The van der Waals surface area contributed by atoms with E-state index in [1.54, 1.807) is 0 Å². The number of nitrogens with zero attached hydrogens (tertiary/aromatic N) is 1. The second kappa shape index (κ2) is 6.11. The molecule has 0 bridgehead atoms. The van der Waals surface area contributed by atoms with Crippen LogP contribution in [0.15, 0.2) is 0 Å². The molecule has 1 atom stereocenters. The minimum atomic E-state index is 0.113. The molecule has 1 amide bonds. The first-order chi connectivity index (χ1) is 6.81. The van der Waals surface area contributed by atoms with E-state index in [0.29, 0.717) is 0 Å². The van der Waals surface area contributed by atoms with Crippen LogP contribution in [0, 0.1) is 11.3 Å². The van der Waals surface area contributed by atoms with E-state index < -0.39 is 0 Å². The molecule has 0 saturated heterocycles. The Hall–Kier alpha value is -0.570. The lowest BCUT2D eigenvalue weighted by molar-refractivity contribution is -0.135. The van der Waals surface area contributed by atoms with Gasteiger partial charge >= 0.3 is 0 Å². The van der Waals surface area contributed by atoms with Gasteiger partial charge in [0.2, 0.25) is 5.91 Å². The van der Waals surface area contributed by atoms with Gasteiger partial charge in [0.1, 0.15) is 0 Å². The Bertz CT molecular complexity index is 196. The molecule has 1 unspecified atom stereocenters. The van der Waals surface area contributed by atoms with E-state index in [2.05, 4.69) is 33.0 Å². The summed E-state index contributed by atoms with van der Waals surface area (Å²) in [6.45, 7) is 10.1. The van der Waals surface area contributed by atoms with E-state index in [9.17, 15) is 4.79 Å². The number of carbonyl (C=O) groups is 1. The van der Waals surface area contributed by atoms with E-state index in [1.165, 1.54) is 0 Å². The van der Waals surface area contributed by atoms with Gasteiger partial charge in [-0.2, -0.15) is 0 Å². The molecule has 0 heterocycles. The van der Waals surface area contributed by atoms with Gasteiger partial charge in [-0.1, -0.05) is 27.7 Å². The molecular weight excluding hydrogens is 188 g/mol. The molecule has 0 radical (unpaired) electrons. The molecule has 0 aliphatic carbocycles. The standard InChI is InChI=1S/C12H26N2O/c1-7-10(8-13-5)11(15)14(6)9-12(2,3)4/h10,13H,7-9H2,1-6H3. The van der Waals surface area contributed by atoms with E-state index in [-0.39, 0.29) is 17.2 Å². The third-order valence-electron chi connectivity index (χ3n) is 2.38. The highest BCUT2D eigenvalue weighted by Crippen LogP contribution is 2.16. The molecule has 0 aliphatic heterocycles. The van der Waals surface area contributed by atoms with Crippen molar-refractivity contribution < 1.29 is 4.79 Å². The summed E-state index contributed by atoms with van der Waals surface area (Å²) in [5, 5.41) is 3.07. The summed E-state index contributed by atoms with van der Waals surface area (Å²) in [7, 11) is 3.78. The molecule has 0 rings (SSSR count). The second-order valence-corrected chi connectivity index (χ2v) is 5.42. The first-order valence-corrected chi connectivity index (χ1v) is 5.71. The largest absolute Gasteiger partial charge is 0.345 e. The van der Waals surface area contributed by atoms with Crippen molar-refractivity contribution in [2.45, 2.75) is 34.1 Å². The topological polar surface area (TPSA) is 32.3 Å². The molecule has 3 heteroatoms. The summed E-state index contributed by atoms with van der Waals surface area (Å²) in [4.78, 5) is 13.9. The Labute approximate surface area is 94.2 Å². The third kappa shape index (κ3) is 5.78. The number of carbonyl (C=O) groups excluding carboxylic acids is 1. The van der Waals surface area contributed by atoms with E-state index >= 15 is 0 Å². The molecule has 0 spiro atoms. The van der Waals surface area contributed by atoms with Crippen molar-refractivity contribution in [1.29, 1.82) is 0 Å². The highest BCUT2D eigenvalue weighted by atomic mass is 16.2. The van der Waals surface area contributed by atoms with Crippen LogP contribution in [-0.2, 0) is 4.79 Å². The van der Waals surface area contributed by atoms with Crippen LogP contribution in [-0.4, -0.2) is 38.0 Å². The van der Waals surface area contributed by atoms with Gasteiger partial charge in [0.05, 0.1) is 5.92 Å². The summed E-state index contributed by atoms with van der Waals surface area (Å²) in [6, 6.07) is 0. The molecule has 90 valence electrons. The molecule has 0 saturated carbocycles. The van der Waals surface area contributed by atoms with Gasteiger partial charge < -0.3 is 10.2 Å². The molecule has 0 aromatic heterocycles. The lowest BCUT2D eigenvalue weighted by Crippen LogP contribution is -2.41. The number of hydrogen-bond donors (Lipinski definition) is 1. The SMILES string of the molecule is CCC(CNC)C(=O)N(C)CC(C)(C)C. The van der Waals surface area contributed by atoms with Crippen LogP contribution in [0.2, 0.25) is 0 Å². The molecular formula is C12H26N2O. The van der Waals surface area contributed by atoms with Crippen molar-refractivity contribution in [3.8, 4) is 0 Å². The fourth-order valence-corrected chi connectivity index (χ4v) is 1.75. The normalized spacial score (nSPS) is 13.7. The number of amides is 1. The van der Waals surface area contributed by atoms with Gasteiger partial charge in [-0.15, -0.1) is 0 Å². The zero-order chi connectivity index (χ0) is 12.1. The van der Waals surface area contributed by atoms with Gasteiger partial charge in [0.25, 0.3) is 0 Å². The lowest BCUT2D eigenvalue weighted by Gasteiger charge is -2.29. The van der Waals surface area contributed by atoms with Crippen molar-refractivity contribution in [2.24, 2.45) is 11.3 Å². The Kier molecular flexibility index (Phi) is 5.88. The molecule has 3 nitrogen and oxygen atoms in total. The number of hydrogen-bond acceptors (Lipinski definition) is 2. The highest BCUT2D eigenvalue weighted by molar-refractivity contribution is 5.78. The Balaban J connectivity index is 4.28. The number of rotatable bonds is 5. The predicted octanol–water partition coefficient (Wildman–Crippen LogP) is 1.74. The van der Waals surface area contributed by atoms with Gasteiger partial charge in [-0.25, -0.2) is 0 Å². The van der Waals surface area contributed by atoms with Crippen molar-refractivity contribution in [1.82, 2.24) is 10.2 Å². The minimum absolute atomic E-state index is 0.113. The fraction of sp³-hybridized carbons (Fsp3) is 0.917. The van der Waals surface area contributed by atoms with E-state index in [4.69, 9.17) is 0 Å². The smallest absolute Gasteiger partial charge is 0.226 e. The quantitative estimate of drug-likeness (QED) is 0.756. The Morgan fingerprint density at radius 1 is 1.40 bits per heavy atom. The number of nitrogens with one attached hydrogen (secondary N) is 1. The molecule has 1 N–H and O–H groups in total. The van der Waals surface area contributed by atoms with Crippen LogP contribution in [0.4, 0.5) is 0 Å². The molecule has 0 aromatic carbocycles. The fourth-order valence-electron chi connectivity index (χ4n) is 1.75. The molecule has 0 fully saturated rings. The summed E-state index contributed by atoms with van der Waals surface area (Å²) in [5.41, 5.74) is 0.169. The summed E-state index contributed by atoms with van der Waals surface area (Å²) < 4.78 is 0. The highest BCUT2D eigenvalue weighted by Gasteiger charge is 2.23. The van der Waals surface area contributed by atoms with Crippen LogP contribution in [0.1, 0.15) is 34.1 Å². The average Bonchev–Trinajstić information content (AvgIpc) is 2.10. The summed E-state index contributed by atoms with van der Waals surface area (Å²) >= 11 is 0. The monoisotopic (exact) mass is 214 g/mol. The van der Waals surface area contributed by atoms with Crippen molar-refractivity contribution >= 4 is 5.91 Å². The van der Waals surface area contributed by atoms with Crippen LogP contribution < -0.4 is 5.32 Å². The molecule has 15 heavy (non-hydrogen) atoms. The maximum absolute atomic E-state index is 12.0. The van der Waals surface area contributed by atoms with Crippen LogP contribution in [0.3, 0.4) is 0 Å². The Morgan fingerprint density at radius 2 is 1.93 bits per heavy atom. The minimum Gasteiger partial charge on any atom is -0.345 e. The summed E-state index contributed by atoms with van der Waals surface area (Å²) in [5.74, 6) is 0.365.